The van der Waals surface area contributed by atoms with E-state index in [1.165, 1.54) is 0 Å². The molecule has 1 saturated heterocycles. The highest BCUT2D eigenvalue weighted by Gasteiger charge is 2.27. The molecule has 16 heavy (non-hydrogen) atoms. The third-order valence-electron chi connectivity index (χ3n) is 2.98. The van der Waals surface area contributed by atoms with Crippen LogP contribution >= 0.6 is 0 Å². The SMILES string of the molecule is CC1CN(C(=O)c2cnn(C)c2)C(C)CN1. The summed E-state index contributed by atoms with van der Waals surface area (Å²) in [5, 5.41) is 7.39. The van der Waals surface area contributed by atoms with Crippen molar-refractivity contribution in [3.05, 3.63) is 18.0 Å². The number of carbonyl (C=O) groups is 1. The van der Waals surface area contributed by atoms with Crippen molar-refractivity contribution >= 4 is 5.91 Å². The number of hydrogen-bond donors (Lipinski definition) is 1. The molecule has 1 aromatic rings. The zero-order chi connectivity index (χ0) is 11.7. The van der Waals surface area contributed by atoms with Crippen molar-refractivity contribution in [1.82, 2.24) is 20.0 Å². The Balaban J connectivity index is 2.14. The van der Waals surface area contributed by atoms with Crippen molar-refractivity contribution < 1.29 is 4.79 Å². The van der Waals surface area contributed by atoms with Crippen LogP contribution in [0.15, 0.2) is 12.4 Å². The van der Waals surface area contributed by atoms with E-state index in [4.69, 9.17) is 0 Å². The van der Waals surface area contributed by atoms with Crippen LogP contribution < -0.4 is 5.32 Å². The molecule has 5 nitrogen and oxygen atoms in total. The van der Waals surface area contributed by atoms with E-state index in [-0.39, 0.29) is 11.9 Å². The molecule has 1 N–H and O–H groups in total. The predicted octanol–water partition coefficient (Wildman–Crippen LogP) is 0.242. The highest BCUT2D eigenvalue weighted by molar-refractivity contribution is 5.94. The van der Waals surface area contributed by atoms with Crippen LogP contribution in [0.4, 0.5) is 0 Å². The van der Waals surface area contributed by atoms with Crippen LogP contribution in [0.3, 0.4) is 0 Å². The van der Waals surface area contributed by atoms with Crippen LogP contribution in [0, 0.1) is 0 Å². The first-order valence-electron chi connectivity index (χ1n) is 5.61. The molecular weight excluding hydrogens is 204 g/mol. The molecule has 1 amide bonds. The Morgan fingerprint density at radius 1 is 1.56 bits per heavy atom. The maximum absolute atomic E-state index is 12.2. The van der Waals surface area contributed by atoms with Crippen LogP contribution in [0.2, 0.25) is 0 Å². The summed E-state index contributed by atoms with van der Waals surface area (Å²) in [6, 6.07) is 0.598. The minimum absolute atomic E-state index is 0.0777. The molecule has 1 aliphatic rings. The van der Waals surface area contributed by atoms with Crippen LogP contribution in [0.1, 0.15) is 24.2 Å². The molecule has 0 aliphatic carbocycles. The Bertz CT molecular complexity index is 387. The van der Waals surface area contributed by atoms with Gasteiger partial charge in [-0.05, 0) is 13.8 Å². The van der Waals surface area contributed by atoms with Crippen molar-refractivity contribution in [3.8, 4) is 0 Å². The normalized spacial score (nSPS) is 25.8. The number of aromatic nitrogens is 2. The van der Waals surface area contributed by atoms with Crippen LogP contribution in [-0.4, -0.2) is 45.8 Å². The van der Waals surface area contributed by atoms with Crippen LogP contribution in [0.25, 0.3) is 0 Å². The predicted molar refractivity (Wildman–Crippen MR) is 61.2 cm³/mol. The van der Waals surface area contributed by atoms with Gasteiger partial charge in [0.05, 0.1) is 11.8 Å². The van der Waals surface area contributed by atoms with Crippen molar-refractivity contribution in [3.63, 3.8) is 0 Å². The van der Waals surface area contributed by atoms with E-state index >= 15 is 0 Å². The standard InChI is InChI=1S/C11H18N4O/c1-8-6-15(9(2)4-12-8)11(16)10-5-13-14(3)7-10/h5,7-9,12H,4,6H2,1-3H3. The molecule has 2 heterocycles. The summed E-state index contributed by atoms with van der Waals surface area (Å²) in [7, 11) is 1.82. The van der Waals surface area contributed by atoms with Gasteiger partial charge in [0.25, 0.3) is 5.91 Å². The van der Waals surface area contributed by atoms with E-state index in [0.29, 0.717) is 11.6 Å². The minimum atomic E-state index is 0.0777. The second-order valence-electron chi connectivity index (χ2n) is 4.52. The smallest absolute Gasteiger partial charge is 0.257 e. The molecule has 0 radical (unpaired) electrons. The van der Waals surface area contributed by atoms with E-state index in [1.54, 1.807) is 17.1 Å². The highest BCUT2D eigenvalue weighted by atomic mass is 16.2. The number of nitrogens with zero attached hydrogens (tertiary/aromatic N) is 3. The average molecular weight is 222 g/mol. The first-order valence-corrected chi connectivity index (χ1v) is 5.61. The number of rotatable bonds is 1. The third-order valence-corrected chi connectivity index (χ3v) is 2.98. The third kappa shape index (κ3) is 2.09. The van der Waals surface area contributed by atoms with Crippen molar-refractivity contribution in [2.24, 2.45) is 7.05 Å². The topological polar surface area (TPSA) is 50.2 Å². The van der Waals surface area contributed by atoms with Gasteiger partial charge in [0.2, 0.25) is 0 Å². The molecule has 1 fully saturated rings. The number of carbonyl (C=O) groups excluding carboxylic acids is 1. The van der Waals surface area contributed by atoms with E-state index in [2.05, 4.69) is 24.3 Å². The van der Waals surface area contributed by atoms with Crippen LogP contribution in [0.5, 0.6) is 0 Å². The van der Waals surface area contributed by atoms with Gasteiger partial charge in [-0.3, -0.25) is 9.48 Å². The molecule has 2 rings (SSSR count). The lowest BCUT2D eigenvalue weighted by Crippen LogP contribution is -2.56. The zero-order valence-electron chi connectivity index (χ0n) is 9.97. The Morgan fingerprint density at radius 3 is 2.94 bits per heavy atom. The van der Waals surface area contributed by atoms with E-state index in [0.717, 1.165) is 13.1 Å². The maximum Gasteiger partial charge on any atom is 0.257 e. The molecule has 88 valence electrons. The average Bonchev–Trinajstić information content (AvgIpc) is 2.67. The molecule has 1 aliphatic heterocycles. The summed E-state index contributed by atoms with van der Waals surface area (Å²) in [5.74, 6) is 0.0777. The van der Waals surface area contributed by atoms with Gasteiger partial charge in [-0.1, -0.05) is 0 Å². The summed E-state index contributed by atoms with van der Waals surface area (Å²) in [6.45, 7) is 5.77. The summed E-state index contributed by atoms with van der Waals surface area (Å²) < 4.78 is 1.66. The fourth-order valence-corrected chi connectivity index (χ4v) is 2.00. The van der Waals surface area contributed by atoms with Crippen LogP contribution in [-0.2, 0) is 7.05 Å². The number of piperazine rings is 1. The van der Waals surface area contributed by atoms with E-state index in [1.807, 2.05) is 11.9 Å². The lowest BCUT2D eigenvalue weighted by Gasteiger charge is -2.37. The van der Waals surface area contributed by atoms with E-state index < -0.39 is 0 Å². The Hall–Kier alpha value is -1.36. The fourth-order valence-electron chi connectivity index (χ4n) is 2.00. The Labute approximate surface area is 95.4 Å². The molecule has 2 unspecified atom stereocenters. The minimum Gasteiger partial charge on any atom is -0.333 e. The van der Waals surface area contributed by atoms with Crippen molar-refractivity contribution in [2.45, 2.75) is 25.9 Å². The lowest BCUT2D eigenvalue weighted by atomic mass is 10.1. The number of aryl methyl sites for hydroxylation is 1. The second-order valence-corrected chi connectivity index (χ2v) is 4.52. The molecule has 5 heteroatoms. The summed E-state index contributed by atoms with van der Waals surface area (Å²) >= 11 is 0. The van der Waals surface area contributed by atoms with Gasteiger partial charge in [0, 0.05) is 38.4 Å². The first-order chi connectivity index (χ1) is 7.58. The lowest BCUT2D eigenvalue weighted by molar-refractivity contribution is 0.0616. The first kappa shape index (κ1) is 11.1. The van der Waals surface area contributed by atoms with Gasteiger partial charge in [-0.2, -0.15) is 5.10 Å². The monoisotopic (exact) mass is 222 g/mol. The summed E-state index contributed by atoms with van der Waals surface area (Å²) in [5.41, 5.74) is 0.670. The van der Waals surface area contributed by atoms with Crippen molar-refractivity contribution in [1.29, 1.82) is 0 Å². The van der Waals surface area contributed by atoms with Gasteiger partial charge < -0.3 is 10.2 Å². The summed E-state index contributed by atoms with van der Waals surface area (Å²) in [6.07, 6.45) is 3.39. The van der Waals surface area contributed by atoms with Gasteiger partial charge in [0.15, 0.2) is 0 Å². The molecule has 2 atom stereocenters. The molecular formula is C11H18N4O. The van der Waals surface area contributed by atoms with Gasteiger partial charge in [-0.25, -0.2) is 0 Å². The van der Waals surface area contributed by atoms with Crippen molar-refractivity contribution in [2.75, 3.05) is 13.1 Å². The molecule has 0 spiro atoms. The number of nitrogens with one attached hydrogen (secondary N) is 1. The van der Waals surface area contributed by atoms with Gasteiger partial charge >= 0.3 is 0 Å². The number of amides is 1. The molecule has 0 saturated carbocycles. The Morgan fingerprint density at radius 2 is 2.31 bits per heavy atom. The Kier molecular flexibility index (Phi) is 2.96. The highest BCUT2D eigenvalue weighted by Crippen LogP contribution is 2.11. The van der Waals surface area contributed by atoms with E-state index in [9.17, 15) is 4.79 Å². The zero-order valence-corrected chi connectivity index (χ0v) is 9.97. The summed E-state index contributed by atoms with van der Waals surface area (Å²) in [4.78, 5) is 14.1. The molecule has 0 aromatic carbocycles. The molecule has 0 bridgehead atoms. The number of hydrogen-bond acceptors (Lipinski definition) is 3. The fraction of sp³-hybridized carbons (Fsp3) is 0.636. The van der Waals surface area contributed by atoms with Gasteiger partial charge in [-0.15, -0.1) is 0 Å². The quantitative estimate of drug-likeness (QED) is 0.740. The second kappa shape index (κ2) is 4.25. The van der Waals surface area contributed by atoms with Gasteiger partial charge in [0.1, 0.15) is 0 Å². The molecule has 1 aromatic heterocycles. The maximum atomic E-state index is 12.2. The largest absolute Gasteiger partial charge is 0.333 e.